The molecule has 0 radical (unpaired) electrons. The Morgan fingerprint density at radius 1 is 1.09 bits per heavy atom. The van der Waals surface area contributed by atoms with Crippen LogP contribution in [0.25, 0.3) is 21.9 Å². The van der Waals surface area contributed by atoms with E-state index in [1.165, 1.54) is 5.69 Å². The van der Waals surface area contributed by atoms with Gasteiger partial charge in [-0.15, -0.1) is 4.68 Å². The number of aromatic nitrogens is 6. The Labute approximate surface area is 195 Å². The van der Waals surface area contributed by atoms with E-state index in [-0.39, 0.29) is 5.69 Å². The summed E-state index contributed by atoms with van der Waals surface area (Å²) < 4.78 is 21.5. The number of nitrogens with two attached hydrogens (primary N) is 1. The second kappa shape index (κ2) is 7.65. The van der Waals surface area contributed by atoms with Gasteiger partial charge >= 0.3 is 0 Å². The summed E-state index contributed by atoms with van der Waals surface area (Å²) in [6, 6.07) is 9.71. The molecule has 1 aliphatic rings. The first-order chi connectivity index (χ1) is 16.5. The number of benzene rings is 1. The van der Waals surface area contributed by atoms with Gasteiger partial charge in [0.05, 0.1) is 18.8 Å². The molecule has 0 bridgehead atoms. The summed E-state index contributed by atoms with van der Waals surface area (Å²) in [5.41, 5.74) is 10.7. The SMILES string of the molecule is Cc1ccncc1-c1cc2cc(Nc3cc4n(n3)Cc3cc[n+](C)n3CC4)ncc2c(N)c1F. The van der Waals surface area contributed by atoms with E-state index in [0.29, 0.717) is 23.3 Å². The number of fused-ring (bicyclic) bond motifs is 3. The van der Waals surface area contributed by atoms with Gasteiger partial charge in [0, 0.05) is 59.4 Å². The van der Waals surface area contributed by atoms with Crippen molar-refractivity contribution in [2.45, 2.75) is 26.4 Å². The second-order valence-electron chi connectivity index (χ2n) is 8.69. The molecule has 9 heteroatoms. The van der Waals surface area contributed by atoms with E-state index in [1.807, 2.05) is 23.7 Å². The number of nitrogen functional groups attached to an aromatic ring is 1. The minimum absolute atomic E-state index is 0.0830. The van der Waals surface area contributed by atoms with Crippen molar-refractivity contribution in [2.75, 3.05) is 11.1 Å². The number of rotatable bonds is 3. The normalized spacial score (nSPS) is 12.9. The van der Waals surface area contributed by atoms with Crippen LogP contribution < -0.4 is 15.7 Å². The third-order valence-corrected chi connectivity index (χ3v) is 6.53. The van der Waals surface area contributed by atoms with E-state index in [4.69, 9.17) is 10.8 Å². The van der Waals surface area contributed by atoms with Gasteiger partial charge in [-0.1, -0.05) is 0 Å². The van der Waals surface area contributed by atoms with E-state index in [9.17, 15) is 0 Å². The molecule has 5 heterocycles. The van der Waals surface area contributed by atoms with Gasteiger partial charge in [0.25, 0.3) is 0 Å². The van der Waals surface area contributed by atoms with Crippen LogP contribution in [0.5, 0.6) is 0 Å². The molecule has 0 atom stereocenters. The number of nitrogens with one attached hydrogen (secondary N) is 1. The second-order valence-corrected chi connectivity index (χ2v) is 8.69. The molecule has 3 N–H and O–H groups in total. The van der Waals surface area contributed by atoms with Crippen LogP contribution in [0, 0.1) is 12.7 Å². The first-order valence-electron chi connectivity index (χ1n) is 11.1. The Hall–Kier alpha value is -4.27. The highest BCUT2D eigenvalue weighted by atomic mass is 19.1. The minimum atomic E-state index is -0.456. The average molecular weight is 456 g/mol. The molecule has 0 saturated carbocycles. The number of hydrogen-bond donors (Lipinski definition) is 2. The zero-order chi connectivity index (χ0) is 23.4. The lowest BCUT2D eigenvalue weighted by atomic mass is 9.98. The molecule has 0 unspecified atom stereocenters. The number of hydrogen-bond acceptors (Lipinski definition) is 5. The molecule has 8 nitrogen and oxygen atoms in total. The molecule has 0 amide bonds. The lowest BCUT2D eigenvalue weighted by Crippen LogP contribution is -2.39. The van der Waals surface area contributed by atoms with Gasteiger partial charge in [-0.3, -0.25) is 9.67 Å². The van der Waals surface area contributed by atoms with Gasteiger partial charge in [-0.25, -0.2) is 9.37 Å². The van der Waals surface area contributed by atoms with Crippen molar-refractivity contribution in [1.82, 2.24) is 24.4 Å². The quantitative estimate of drug-likeness (QED) is 0.321. The maximum absolute atomic E-state index is 15.1. The fourth-order valence-corrected chi connectivity index (χ4v) is 4.67. The van der Waals surface area contributed by atoms with Crippen molar-refractivity contribution in [1.29, 1.82) is 0 Å². The predicted molar refractivity (Wildman–Crippen MR) is 128 cm³/mol. The highest BCUT2D eigenvalue weighted by Gasteiger charge is 2.20. The van der Waals surface area contributed by atoms with Crippen LogP contribution in [-0.2, 0) is 26.6 Å². The van der Waals surface area contributed by atoms with Gasteiger partial charge in [0.15, 0.2) is 24.9 Å². The molecule has 34 heavy (non-hydrogen) atoms. The summed E-state index contributed by atoms with van der Waals surface area (Å²) in [6.45, 7) is 3.54. The van der Waals surface area contributed by atoms with Crippen molar-refractivity contribution >= 4 is 28.1 Å². The van der Waals surface area contributed by atoms with E-state index in [0.717, 1.165) is 41.0 Å². The Bertz CT molecular complexity index is 1570. The van der Waals surface area contributed by atoms with Crippen LogP contribution in [0.2, 0.25) is 0 Å². The fourth-order valence-electron chi connectivity index (χ4n) is 4.67. The number of anilines is 3. The summed E-state index contributed by atoms with van der Waals surface area (Å²) in [5.74, 6) is 0.891. The molecule has 0 spiro atoms. The third-order valence-electron chi connectivity index (χ3n) is 6.53. The number of aryl methyl sites for hydroxylation is 3. The molecular weight excluding hydrogens is 431 g/mol. The Morgan fingerprint density at radius 2 is 1.97 bits per heavy atom. The largest absolute Gasteiger partial charge is 0.396 e. The fraction of sp³-hybridized carbons (Fsp3) is 0.200. The van der Waals surface area contributed by atoms with E-state index in [2.05, 4.69) is 50.0 Å². The van der Waals surface area contributed by atoms with Gasteiger partial charge in [-0.2, -0.15) is 9.78 Å². The minimum Gasteiger partial charge on any atom is -0.396 e. The highest BCUT2D eigenvalue weighted by Crippen LogP contribution is 2.35. The summed E-state index contributed by atoms with van der Waals surface area (Å²) in [5, 5.41) is 9.42. The molecule has 0 fully saturated rings. The number of halogens is 1. The van der Waals surface area contributed by atoms with E-state index >= 15 is 4.39 Å². The molecule has 1 aliphatic heterocycles. The molecule has 5 aromatic rings. The summed E-state index contributed by atoms with van der Waals surface area (Å²) in [6.07, 6.45) is 7.91. The lowest BCUT2D eigenvalue weighted by molar-refractivity contribution is -0.754. The predicted octanol–water partition coefficient (Wildman–Crippen LogP) is 3.50. The van der Waals surface area contributed by atoms with Crippen LogP contribution >= 0.6 is 0 Å². The molecule has 0 aliphatic carbocycles. The molecule has 4 aromatic heterocycles. The zero-order valence-corrected chi connectivity index (χ0v) is 19.0. The van der Waals surface area contributed by atoms with E-state index < -0.39 is 5.82 Å². The molecule has 170 valence electrons. The highest BCUT2D eigenvalue weighted by molar-refractivity contribution is 5.98. The van der Waals surface area contributed by atoms with Crippen LogP contribution in [0.1, 0.15) is 17.0 Å². The molecule has 1 aromatic carbocycles. The van der Waals surface area contributed by atoms with Gasteiger partial charge < -0.3 is 11.1 Å². The standard InChI is InChI=1S/C25H24FN8/c1-15-3-6-28-12-20(15)19-9-16-10-22(29-13-21(16)25(27)24(19)26)30-23-11-17-5-8-34-18(4-7-32(34)2)14-33(17)31-23/h3-4,6-7,9-13H,5,8,14,27H2,1-2H3,(H,29,30,31)/q+1. The number of nitrogens with zero attached hydrogens (tertiary/aromatic N) is 6. The van der Waals surface area contributed by atoms with Crippen molar-refractivity contribution in [3.63, 3.8) is 0 Å². The first kappa shape index (κ1) is 20.3. The lowest BCUT2D eigenvalue weighted by Gasteiger charge is -2.12. The number of pyridine rings is 2. The first-order valence-corrected chi connectivity index (χ1v) is 11.1. The maximum atomic E-state index is 15.1. The monoisotopic (exact) mass is 455 g/mol. The van der Waals surface area contributed by atoms with Gasteiger partial charge in [-0.05, 0) is 36.1 Å². The Kier molecular flexibility index (Phi) is 4.58. The smallest absolute Gasteiger partial charge is 0.195 e. The molecular formula is C25H24FN8+. The van der Waals surface area contributed by atoms with Crippen molar-refractivity contribution in [3.8, 4) is 11.1 Å². The molecule has 6 rings (SSSR count). The van der Waals surface area contributed by atoms with Gasteiger partial charge in [0.2, 0.25) is 0 Å². The topological polar surface area (TPSA) is 90.5 Å². The van der Waals surface area contributed by atoms with Crippen LogP contribution in [0.4, 0.5) is 21.7 Å². The van der Waals surface area contributed by atoms with Crippen molar-refractivity contribution in [3.05, 3.63) is 77.9 Å². The Morgan fingerprint density at radius 3 is 2.82 bits per heavy atom. The van der Waals surface area contributed by atoms with Gasteiger partial charge in [0.1, 0.15) is 11.5 Å². The summed E-state index contributed by atoms with van der Waals surface area (Å²) in [7, 11) is 2.05. The Balaban J connectivity index is 1.35. The summed E-state index contributed by atoms with van der Waals surface area (Å²) in [4.78, 5) is 8.62. The summed E-state index contributed by atoms with van der Waals surface area (Å²) >= 11 is 0. The van der Waals surface area contributed by atoms with Crippen molar-refractivity contribution < 1.29 is 9.07 Å². The third kappa shape index (κ3) is 3.28. The maximum Gasteiger partial charge on any atom is 0.195 e. The van der Waals surface area contributed by atoms with E-state index in [1.54, 1.807) is 24.7 Å². The van der Waals surface area contributed by atoms with Crippen molar-refractivity contribution in [2.24, 2.45) is 7.05 Å². The zero-order valence-electron chi connectivity index (χ0n) is 19.0. The van der Waals surface area contributed by atoms with Crippen LogP contribution in [0.3, 0.4) is 0 Å². The van der Waals surface area contributed by atoms with Crippen LogP contribution in [0.15, 0.2) is 55.1 Å². The average Bonchev–Trinajstić information content (AvgIpc) is 3.32. The molecule has 0 saturated heterocycles. The van der Waals surface area contributed by atoms with Crippen LogP contribution in [-0.4, -0.2) is 24.4 Å².